The predicted octanol–water partition coefficient (Wildman–Crippen LogP) is 2.19. The van der Waals surface area contributed by atoms with Gasteiger partial charge in [-0.2, -0.15) is 5.23 Å². The van der Waals surface area contributed by atoms with Crippen LogP contribution in [0, 0.1) is 5.21 Å². The number of hydrogen-bond acceptors (Lipinski definition) is 5. The Balaban J connectivity index is 2.22. The third-order valence-electron chi connectivity index (χ3n) is 4.30. The molecule has 0 aliphatic rings. The van der Waals surface area contributed by atoms with Gasteiger partial charge in [-0.05, 0) is 19.1 Å². The first-order valence-corrected chi connectivity index (χ1v) is 9.20. The number of aromatic carboxylic acids is 1. The average molecular weight is 439 g/mol. The van der Waals surface area contributed by atoms with Crippen LogP contribution in [0.25, 0.3) is 11.3 Å². The molecule has 2 heterocycles. The molecule has 3 N–H and O–H groups in total. The summed E-state index contributed by atoms with van der Waals surface area (Å²) in [5.41, 5.74) is 0.00384. The minimum Gasteiger partial charge on any atom is -0.594 e. The predicted molar refractivity (Wildman–Crippen MR) is 106 cm³/mol. The van der Waals surface area contributed by atoms with Crippen LogP contribution in [0.15, 0.2) is 41.3 Å². The van der Waals surface area contributed by atoms with E-state index in [1.54, 1.807) is 17.6 Å². The first-order valence-electron chi connectivity index (χ1n) is 8.45. The Kier molecular flexibility index (Phi) is 6.06. The van der Waals surface area contributed by atoms with Gasteiger partial charge in [0.25, 0.3) is 5.82 Å². The van der Waals surface area contributed by atoms with Crippen molar-refractivity contribution >= 4 is 35.0 Å². The fourth-order valence-electron chi connectivity index (χ4n) is 3.07. The van der Waals surface area contributed by atoms with E-state index in [9.17, 15) is 19.9 Å². The topological polar surface area (TPSA) is 125 Å². The number of halogens is 2. The normalized spacial score (nSPS) is 12.2. The maximum Gasteiger partial charge on any atom is 0.341 e. The molecule has 3 rings (SSSR count). The molecule has 1 atom stereocenters. The van der Waals surface area contributed by atoms with E-state index in [0.717, 1.165) is 0 Å². The van der Waals surface area contributed by atoms with Gasteiger partial charge in [0.05, 0.1) is 22.3 Å². The minimum absolute atomic E-state index is 0.0740. The molecule has 0 fully saturated rings. The molecule has 11 heteroatoms. The van der Waals surface area contributed by atoms with Crippen LogP contribution >= 0.6 is 23.2 Å². The summed E-state index contributed by atoms with van der Waals surface area (Å²) < 4.78 is 3.02. The molecule has 0 amide bonds. The van der Waals surface area contributed by atoms with Gasteiger partial charge < -0.3 is 14.9 Å². The smallest absolute Gasteiger partial charge is 0.341 e. The zero-order valence-electron chi connectivity index (χ0n) is 15.1. The van der Waals surface area contributed by atoms with Crippen molar-refractivity contribution in [2.24, 2.45) is 0 Å². The first kappa shape index (κ1) is 21.0. The van der Waals surface area contributed by atoms with Crippen molar-refractivity contribution in [1.82, 2.24) is 14.3 Å². The third-order valence-corrected chi connectivity index (χ3v) is 5.04. The summed E-state index contributed by atoms with van der Waals surface area (Å²) in [6.45, 7) is 2.22. The number of nitrogens with zero attached hydrogens (tertiary/aromatic N) is 3. The molecule has 9 nitrogen and oxygen atoms in total. The molecular weight excluding hydrogens is 423 g/mol. The van der Waals surface area contributed by atoms with Crippen LogP contribution in [0.2, 0.25) is 10.0 Å². The second kappa shape index (κ2) is 8.36. The number of carbonyl (C=O) groups is 1. The van der Waals surface area contributed by atoms with Gasteiger partial charge in [0.15, 0.2) is 5.43 Å². The molecule has 0 aliphatic carbocycles. The monoisotopic (exact) mass is 438 g/mol. The largest absolute Gasteiger partial charge is 0.594 e. The number of nitrogens with one attached hydrogen (secondary N) is 1. The van der Waals surface area contributed by atoms with Crippen LogP contribution in [0.3, 0.4) is 0 Å². The van der Waals surface area contributed by atoms with E-state index in [2.05, 4.69) is 5.10 Å². The number of quaternary nitrogens is 1. The van der Waals surface area contributed by atoms with Crippen molar-refractivity contribution in [3.05, 3.63) is 73.3 Å². The van der Waals surface area contributed by atoms with Crippen molar-refractivity contribution < 1.29 is 20.3 Å². The fourth-order valence-corrected chi connectivity index (χ4v) is 3.37. The highest BCUT2D eigenvalue weighted by Gasteiger charge is 2.22. The van der Waals surface area contributed by atoms with Gasteiger partial charge in [-0.3, -0.25) is 9.48 Å². The van der Waals surface area contributed by atoms with E-state index in [0.29, 0.717) is 22.8 Å². The van der Waals surface area contributed by atoms with E-state index in [4.69, 9.17) is 28.4 Å². The molecule has 1 aromatic carbocycles. The van der Waals surface area contributed by atoms with Gasteiger partial charge in [0.1, 0.15) is 5.56 Å². The van der Waals surface area contributed by atoms with Crippen LogP contribution in [0.5, 0.6) is 0 Å². The van der Waals surface area contributed by atoms with Gasteiger partial charge in [0.2, 0.25) is 0 Å². The SMILES string of the molecule is CCn1c(Cn2ccc([NH+]([O-])O)n2)cc(=O)c(C(=O)O)c1-c1ccc(Cl)c(Cl)c1. The number of carboxylic acids is 1. The highest BCUT2D eigenvalue weighted by Crippen LogP contribution is 2.30. The molecule has 0 saturated heterocycles. The Morgan fingerprint density at radius 1 is 1.24 bits per heavy atom. The van der Waals surface area contributed by atoms with E-state index in [1.807, 2.05) is 0 Å². The molecule has 0 spiro atoms. The second-order valence-corrected chi connectivity index (χ2v) is 6.92. The standard InChI is InChI=1S/C18H16Cl2N4O5/c1-2-23-11(9-22-6-5-15(21-22)24(28)29)8-14(25)16(18(26)27)17(23)10-3-4-12(19)13(20)7-10/h3-8,24,28H,2,9H2,1H3,(H,26,27). The number of aromatic nitrogens is 3. The molecule has 3 aromatic rings. The average Bonchev–Trinajstić information content (AvgIpc) is 3.12. The molecule has 1 unspecified atom stereocenters. The summed E-state index contributed by atoms with van der Waals surface area (Å²) in [6, 6.07) is 7.16. The van der Waals surface area contributed by atoms with Crippen molar-refractivity contribution in [3.63, 3.8) is 0 Å². The lowest BCUT2D eigenvalue weighted by molar-refractivity contribution is -0.993. The van der Waals surface area contributed by atoms with Crippen LogP contribution < -0.4 is 10.7 Å². The van der Waals surface area contributed by atoms with Crippen molar-refractivity contribution in [2.75, 3.05) is 0 Å². The quantitative estimate of drug-likeness (QED) is 0.506. The zero-order chi connectivity index (χ0) is 21.3. The van der Waals surface area contributed by atoms with Gasteiger partial charge in [-0.1, -0.05) is 29.3 Å². The second-order valence-electron chi connectivity index (χ2n) is 6.11. The lowest BCUT2D eigenvalue weighted by Crippen LogP contribution is -2.99. The Bertz CT molecular complexity index is 1140. The molecule has 0 radical (unpaired) electrons. The van der Waals surface area contributed by atoms with Crippen LogP contribution in [0.1, 0.15) is 23.0 Å². The summed E-state index contributed by atoms with van der Waals surface area (Å²) in [5.74, 6) is -1.50. The summed E-state index contributed by atoms with van der Waals surface area (Å²) in [4.78, 5) is 24.5. The molecule has 0 bridgehead atoms. The molecule has 0 aliphatic heterocycles. The summed E-state index contributed by atoms with van der Waals surface area (Å²) >= 11 is 12.1. The zero-order valence-corrected chi connectivity index (χ0v) is 16.6. The van der Waals surface area contributed by atoms with Gasteiger partial charge in [0, 0.05) is 36.1 Å². The van der Waals surface area contributed by atoms with Crippen molar-refractivity contribution in [2.45, 2.75) is 20.0 Å². The Labute approximate surface area is 174 Å². The summed E-state index contributed by atoms with van der Waals surface area (Å²) in [7, 11) is 0. The lowest BCUT2D eigenvalue weighted by Gasteiger charge is -2.20. The van der Waals surface area contributed by atoms with E-state index in [1.165, 1.54) is 35.1 Å². The van der Waals surface area contributed by atoms with Crippen molar-refractivity contribution in [3.8, 4) is 11.3 Å². The van der Waals surface area contributed by atoms with E-state index >= 15 is 0 Å². The molecule has 152 valence electrons. The molecule has 0 saturated carbocycles. The first-order chi connectivity index (χ1) is 13.7. The maximum absolute atomic E-state index is 12.6. The van der Waals surface area contributed by atoms with Gasteiger partial charge >= 0.3 is 5.97 Å². The molecule has 2 aromatic heterocycles. The summed E-state index contributed by atoms with van der Waals surface area (Å²) in [5, 5.41) is 33.0. The van der Waals surface area contributed by atoms with Crippen LogP contribution in [0.4, 0.5) is 5.82 Å². The number of rotatable bonds is 6. The lowest BCUT2D eigenvalue weighted by atomic mass is 10.0. The Morgan fingerprint density at radius 2 is 1.97 bits per heavy atom. The number of hydrogen-bond donors (Lipinski definition) is 3. The van der Waals surface area contributed by atoms with Crippen LogP contribution in [-0.2, 0) is 13.1 Å². The Hall–Kier alpha value is -2.69. The summed E-state index contributed by atoms with van der Waals surface area (Å²) in [6.07, 6.45) is 1.47. The van der Waals surface area contributed by atoms with Gasteiger partial charge in [-0.25, -0.2) is 10.0 Å². The third kappa shape index (κ3) is 4.19. The van der Waals surface area contributed by atoms with Gasteiger partial charge in [-0.15, -0.1) is 5.10 Å². The minimum atomic E-state index is -1.36. The van der Waals surface area contributed by atoms with Crippen molar-refractivity contribution in [1.29, 1.82) is 0 Å². The van der Waals surface area contributed by atoms with E-state index < -0.39 is 16.6 Å². The van der Waals surface area contributed by atoms with Crippen LogP contribution in [-0.4, -0.2) is 30.6 Å². The highest BCUT2D eigenvalue weighted by molar-refractivity contribution is 6.42. The molecule has 29 heavy (non-hydrogen) atoms. The fraction of sp³-hybridized carbons (Fsp3) is 0.167. The number of carboxylic acid groups (broad SMARTS) is 1. The number of pyridine rings is 1. The Morgan fingerprint density at radius 3 is 2.52 bits per heavy atom. The maximum atomic E-state index is 12.6. The highest BCUT2D eigenvalue weighted by atomic mass is 35.5. The molecular formula is C18H16Cl2N4O5. The van der Waals surface area contributed by atoms with E-state index in [-0.39, 0.29) is 28.6 Å². The number of benzene rings is 1.